The van der Waals surface area contributed by atoms with Crippen LogP contribution in [-0.2, 0) is 38.3 Å². The molecule has 3 saturated carbocycles. The van der Waals surface area contributed by atoms with Crippen molar-refractivity contribution in [2.45, 2.75) is 89.3 Å². The van der Waals surface area contributed by atoms with Gasteiger partial charge >= 0.3 is 12.1 Å². The van der Waals surface area contributed by atoms with E-state index in [0.29, 0.717) is 0 Å². The number of Topliss-reactive ketones (excluding diaryl/α,β-unsaturated/α-hetero) is 1. The van der Waals surface area contributed by atoms with Crippen molar-refractivity contribution < 1.29 is 77.8 Å². The van der Waals surface area contributed by atoms with E-state index >= 15 is 8.78 Å². The first-order chi connectivity index (χ1) is 22.9. The van der Waals surface area contributed by atoms with E-state index in [4.69, 9.17) is 35.0 Å². The third-order valence-electron chi connectivity index (χ3n) is 10.9. The number of ether oxygens (including phenoxy) is 3. The highest BCUT2D eigenvalue weighted by Crippen LogP contribution is 2.71. The van der Waals surface area contributed by atoms with Gasteiger partial charge in [-0.15, -0.1) is 0 Å². The summed E-state index contributed by atoms with van der Waals surface area (Å²) in [6.45, 7) is 3.09. The van der Waals surface area contributed by atoms with Crippen molar-refractivity contribution in [2.75, 3.05) is 26.4 Å². The fourth-order valence-corrected chi connectivity index (χ4v) is 8.76. The number of halogens is 2. The number of carbonyl (C=O) groups is 4. The molecule has 0 aliphatic heterocycles. The molecule has 16 nitrogen and oxygen atoms in total. The molecular weight excluding hydrogens is 662 g/mol. The van der Waals surface area contributed by atoms with Crippen LogP contribution in [-0.4, -0.2) is 110 Å². The summed E-state index contributed by atoms with van der Waals surface area (Å²) in [6.07, 6.45) is -1.94. The van der Waals surface area contributed by atoms with Crippen molar-refractivity contribution in [3.63, 3.8) is 0 Å². The van der Waals surface area contributed by atoms with Crippen LogP contribution in [0, 0.1) is 28.6 Å². The van der Waals surface area contributed by atoms with Gasteiger partial charge in [0.2, 0.25) is 5.78 Å². The Bertz CT molecular complexity index is 1330. The highest BCUT2D eigenvalue weighted by molar-refractivity contribution is 6.01. The van der Waals surface area contributed by atoms with Crippen LogP contribution < -0.4 is 0 Å². The Labute approximate surface area is 280 Å². The van der Waals surface area contributed by atoms with E-state index in [9.17, 15) is 24.3 Å². The predicted octanol–water partition coefficient (Wildman–Crippen LogP) is 3.14. The molecule has 276 valence electrons. The van der Waals surface area contributed by atoms with Crippen LogP contribution in [0.2, 0.25) is 0 Å². The number of esters is 1. The molecule has 0 aromatic heterocycles. The number of ketones is 2. The monoisotopic (exact) mass is 706 g/mol. The van der Waals surface area contributed by atoms with Gasteiger partial charge in [0.25, 0.3) is 0 Å². The van der Waals surface area contributed by atoms with Gasteiger partial charge in [-0.25, -0.2) is 13.6 Å². The number of nitrogens with zero attached hydrogens (tertiary/aromatic N) is 2. The van der Waals surface area contributed by atoms with E-state index in [1.165, 1.54) is 13.0 Å². The molecular formula is C31H44F2N2O14. The standard InChI is InChI=1S/C31H44F2N2O14/c1-18-13-20-21-15-23(32)22-14-19(36)8-9-28(22,2)30(21,33)24(37)16-29(20,3)31(18,49-26(39)7-6-12-48-35(43)44)25(38)17-46-27(40)45-10-4-5-11-47-34(41)42/h8-9,14,18,20-21,23-24,37,41-44H,4-7,10-13,15-17H2,1-3H3/t18-,20?,21?,23+,24+,28+,29+,30+,31+/m1/s1. The Balaban J connectivity index is 1.60. The van der Waals surface area contributed by atoms with E-state index in [-0.39, 0.29) is 57.5 Å². The Morgan fingerprint density at radius 2 is 1.59 bits per heavy atom. The van der Waals surface area contributed by atoms with Gasteiger partial charge in [0.1, 0.15) is 6.17 Å². The molecule has 0 radical (unpaired) electrons. The molecule has 0 bridgehead atoms. The van der Waals surface area contributed by atoms with Crippen molar-refractivity contribution in [1.29, 1.82) is 0 Å². The highest BCUT2D eigenvalue weighted by atomic mass is 19.1. The third-order valence-corrected chi connectivity index (χ3v) is 10.9. The first-order valence-electron chi connectivity index (χ1n) is 16.1. The number of unbranched alkanes of at least 4 members (excludes halogenated alkanes) is 1. The van der Waals surface area contributed by atoms with Gasteiger partial charge in [0.05, 0.1) is 36.7 Å². The minimum absolute atomic E-state index is 0.0708. The van der Waals surface area contributed by atoms with Gasteiger partial charge in [0.15, 0.2) is 23.7 Å². The fraction of sp³-hybridized carbons (Fsp3) is 0.742. The summed E-state index contributed by atoms with van der Waals surface area (Å²) in [7, 11) is 0. The predicted molar refractivity (Wildman–Crippen MR) is 156 cm³/mol. The maximum atomic E-state index is 17.7. The Hall–Kier alpha value is -2.94. The first kappa shape index (κ1) is 38.9. The number of allylic oxidation sites excluding steroid dienone is 4. The molecule has 0 aromatic carbocycles. The topological polar surface area (TPSA) is 222 Å². The lowest BCUT2D eigenvalue weighted by Crippen LogP contribution is -2.71. The second kappa shape index (κ2) is 15.1. The minimum atomic E-state index is -2.46. The van der Waals surface area contributed by atoms with Crippen molar-refractivity contribution >= 4 is 23.7 Å². The molecule has 0 heterocycles. The smallest absolute Gasteiger partial charge is 0.450 e. The second-order valence-corrected chi connectivity index (χ2v) is 13.5. The lowest BCUT2D eigenvalue weighted by molar-refractivity contribution is -0.492. The van der Waals surface area contributed by atoms with Gasteiger partial charge in [0, 0.05) is 29.1 Å². The molecule has 18 heteroatoms. The van der Waals surface area contributed by atoms with Crippen LogP contribution in [0.25, 0.3) is 0 Å². The van der Waals surface area contributed by atoms with Crippen molar-refractivity contribution in [2.24, 2.45) is 28.6 Å². The number of fused-ring (bicyclic) bond motifs is 5. The Morgan fingerprint density at radius 1 is 0.959 bits per heavy atom. The van der Waals surface area contributed by atoms with Gasteiger partial charge in [-0.2, -0.15) is 0 Å². The van der Waals surface area contributed by atoms with Crippen LogP contribution in [0.4, 0.5) is 13.6 Å². The summed E-state index contributed by atoms with van der Waals surface area (Å²) in [6, 6.07) is 0. The molecule has 0 saturated heterocycles. The molecule has 4 rings (SSSR count). The maximum absolute atomic E-state index is 17.7. The van der Waals surface area contributed by atoms with Gasteiger partial charge in [-0.3, -0.25) is 44.9 Å². The number of hydrogen-bond acceptors (Lipinski definition) is 16. The normalized spacial score (nSPS) is 36.5. The van der Waals surface area contributed by atoms with Gasteiger partial charge in [-0.1, -0.05) is 19.9 Å². The number of carbonyl (C=O) groups excluding carboxylic acids is 4. The van der Waals surface area contributed by atoms with Crippen molar-refractivity contribution in [3.8, 4) is 0 Å². The summed E-state index contributed by atoms with van der Waals surface area (Å²) in [5, 5.41) is 45.3. The highest BCUT2D eigenvalue weighted by Gasteiger charge is 2.78. The number of alkyl halides is 2. The summed E-state index contributed by atoms with van der Waals surface area (Å²) in [5.41, 5.74) is -7.79. The quantitative estimate of drug-likeness (QED) is 0.0937. The number of aliphatic hydroxyl groups excluding tert-OH is 1. The molecule has 0 amide bonds. The largest absolute Gasteiger partial charge is 0.508 e. The minimum Gasteiger partial charge on any atom is -0.450 e. The van der Waals surface area contributed by atoms with Crippen LogP contribution in [0.1, 0.15) is 65.7 Å². The third kappa shape index (κ3) is 7.15. The van der Waals surface area contributed by atoms with Gasteiger partial charge in [-0.05, 0) is 69.1 Å². The number of aliphatic hydroxyl groups is 1. The van der Waals surface area contributed by atoms with E-state index < -0.39 is 106 Å². The number of hydrogen-bond donors (Lipinski definition) is 5. The molecule has 5 N–H and O–H groups in total. The summed E-state index contributed by atoms with van der Waals surface area (Å²) in [5.74, 6) is -5.12. The Morgan fingerprint density at radius 3 is 2.24 bits per heavy atom. The molecule has 4 aliphatic rings. The van der Waals surface area contributed by atoms with E-state index in [1.807, 2.05) is 0 Å². The lowest BCUT2D eigenvalue weighted by Gasteiger charge is -2.63. The summed E-state index contributed by atoms with van der Waals surface area (Å²) in [4.78, 5) is 60.9. The average molecular weight is 707 g/mol. The van der Waals surface area contributed by atoms with Crippen LogP contribution in [0.3, 0.4) is 0 Å². The second-order valence-electron chi connectivity index (χ2n) is 13.5. The molecule has 2 unspecified atom stereocenters. The molecule has 49 heavy (non-hydrogen) atoms. The van der Waals surface area contributed by atoms with Crippen molar-refractivity contribution in [3.05, 3.63) is 23.8 Å². The first-order valence-corrected chi connectivity index (χ1v) is 16.1. The van der Waals surface area contributed by atoms with E-state index in [2.05, 4.69) is 9.68 Å². The average Bonchev–Trinajstić information content (AvgIpc) is 3.24. The van der Waals surface area contributed by atoms with E-state index in [1.54, 1.807) is 13.8 Å². The zero-order chi connectivity index (χ0) is 36.4. The summed E-state index contributed by atoms with van der Waals surface area (Å²) >= 11 is 0. The van der Waals surface area contributed by atoms with Gasteiger partial charge < -0.3 is 19.3 Å². The summed E-state index contributed by atoms with van der Waals surface area (Å²) < 4.78 is 49.6. The van der Waals surface area contributed by atoms with Crippen LogP contribution >= 0.6 is 0 Å². The zero-order valence-corrected chi connectivity index (χ0v) is 27.5. The SMILES string of the molecule is C[C@@H]1CC2C3C[C@H](F)C4=CC(=O)C=C[C@]4(C)[C@@]3(F)[C@@H](O)C[C@]2(C)[C@@]1(OC(=O)CCCON(O)O)C(=O)COC(=O)OCCCCON(O)O. The van der Waals surface area contributed by atoms with E-state index in [0.717, 1.165) is 12.2 Å². The molecule has 0 spiro atoms. The number of rotatable bonds is 15. The lowest BCUT2D eigenvalue weighted by atomic mass is 9.44. The van der Waals surface area contributed by atoms with Crippen LogP contribution in [0.5, 0.6) is 0 Å². The molecule has 9 atom stereocenters. The molecule has 0 aromatic rings. The fourth-order valence-electron chi connectivity index (χ4n) is 8.76. The van der Waals surface area contributed by atoms with Crippen LogP contribution in [0.15, 0.2) is 23.8 Å². The van der Waals surface area contributed by atoms with Crippen molar-refractivity contribution in [1.82, 2.24) is 10.8 Å². The maximum Gasteiger partial charge on any atom is 0.508 e. The molecule has 3 fully saturated rings. The molecule has 4 aliphatic carbocycles. The zero-order valence-electron chi connectivity index (χ0n) is 27.5. The Kier molecular flexibility index (Phi) is 12.0.